The van der Waals surface area contributed by atoms with E-state index in [2.05, 4.69) is 15.2 Å². The highest BCUT2D eigenvalue weighted by molar-refractivity contribution is 5.85. The molecule has 0 aromatic carbocycles. The number of rotatable bonds is 1. The molecule has 82 valence electrons. The van der Waals surface area contributed by atoms with E-state index in [-0.39, 0.29) is 24.8 Å². The molecule has 0 unspecified atom stereocenters. The standard InChI is InChI=1S/C8H14N4.2ClH/c9-7-3-1-6(2-4-7)8-10-5-11-12-8;;/h5-7H,1-4,9H2,(H,10,11,12);2*1H. The van der Waals surface area contributed by atoms with E-state index < -0.39 is 0 Å². The van der Waals surface area contributed by atoms with Crippen LogP contribution in [0.4, 0.5) is 0 Å². The SMILES string of the molecule is Cl.Cl.NC1CCC(c2ncn[nH]2)CC1. The van der Waals surface area contributed by atoms with E-state index in [9.17, 15) is 0 Å². The van der Waals surface area contributed by atoms with Crippen LogP contribution in [0.3, 0.4) is 0 Å². The fraction of sp³-hybridized carbons (Fsp3) is 0.750. The Kier molecular flexibility index (Phi) is 6.08. The predicted molar refractivity (Wildman–Crippen MR) is 60.1 cm³/mol. The van der Waals surface area contributed by atoms with Crippen LogP contribution >= 0.6 is 24.8 Å². The lowest BCUT2D eigenvalue weighted by Crippen LogP contribution is -2.26. The van der Waals surface area contributed by atoms with Crippen molar-refractivity contribution in [3.05, 3.63) is 12.2 Å². The molecular weight excluding hydrogens is 223 g/mol. The maximum Gasteiger partial charge on any atom is 0.137 e. The van der Waals surface area contributed by atoms with Gasteiger partial charge in [0, 0.05) is 12.0 Å². The van der Waals surface area contributed by atoms with Crippen molar-refractivity contribution in [2.75, 3.05) is 0 Å². The summed E-state index contributed by atoms with van der Waals surface area (Å²) in [5.74, 6) is 1.59. The van der Waals surface area contributed by atoms with Crippen molar-refractivity contribution >= 4 is 24.8 Å². The van der Waals surface area contributed by atoms with Crippen molar-refractivity contribution in [2.45, 2.75) is 37.6 Å². The molecular formula is C8H16Cl2N4. The number of hydrogen-bond donors (Lipinski definition) is 2. The number of nitrogens with two attached hydrogens (primary N) is 1. The van der Waals surface area contributed by atoms with Gasteiger partial charge in [-0.3, -0.25) is 5.10 Å². The summed E-state index contributed by atoms with van der Waals surface area (Å²) in [6.45, 7) is 0. The molecule has 6 heteroatoms. The number of nitrogens with one attached hydrogen (secondary N) is 1. The first-order chi connectivity index (χ1) is 5.86. The summed E-state index contributed by atoms with van der Waals surface area (Å²) in [6, 6.07) is 0.407. The molecule has 0 amide bonds. The quantitative estimate of drug-likeness (QED) is 0.782. The van der Waals surface area contributed by atoms with Crippen molar-refractivity contribution in [3.8, 4) is 0 Å². The van der Waals surface area contributed by atoms with E-state index in [1.165, 1.54) is 0 Å². The molecule has 3 N–H and O–H groups in total. The van der Waals surface area contributed by atoms with Crippen LogP contribution in [-0.2, 0) is 0 Å². The van der Waals surface area contributed by atoms with E-state index in [4.69, 9.17) is 5.73 Å². The van der Waals surface area contributed by atoms with Crippen LogP contribution in [0.2, 0.25) is 0 Å². The molecule has 0 spiro atoms. The fourth-order valence-corrected chi connectivity index (χ4v) is 1.80. The van der Waals surface area contributed by atoms with Crippen LogP contribution in [0.25, 0.3) is 0 Å². The zero-order valence-corrected chi connectivity index (χ0v) is 9.48. The van der Waals surface area contributed by atoms with E-state index in [0.717, 1.165) is 31.5 Å². The third-order valence-electron chi connectivity index (χ3n) is 2.59. The second-order valence-corrected chi connectivity index (χ2v) is 3.48. The van der Waals surface area contributed by atoms with Crippen LogP contribution < -0.4 is 5.73 Å². The number of H-pyrrole nitrogens is 1. The van der Waals surface area contributed by atoms with Crippen molar-refractivity contribution < 1.29 is 0 Å². The smallest absolute Gasteiger partial charge is 0.137 e. The highest BCUT2D eigenvalue weighted by atomic mass is 35.5. The third kappa shape index (κ3) is 3.12. The third-order valence-corrected chi connectivity index (χ3v) is 2.59. The van der Waals surface area contributed by atoms with Gasteiger partial charge in [-0.1, -0.05) is 0 Å². The Morgan fingerprint density at radius 1 is 1.21 bits per heavy atom. The van der Waals surface area contributed by atoms with E-state index in [1.807, 2.05) is 0 Å². The minimum Gasteiger partial charge on any atom is -0.328 e. The van der Waals surface area contributed by atoms with E-state index in [0.29, 0.717) is 12.0 Å². The van der Waals surface area contributed by atoms with Gasteiger partial charge in [0.05, 0.1) is 0 Å². The molecule has 14 heavy (non-hydrogen) atoms. The van der Waals surface area contributed by atoms with Crippen LogP contribution in [0.15, 0.2) is 6.33 Å². The molecule has 2 rings (SSSR count). The Bertz CT molecular complexity index is 231. The van der Waals surface area contributed by atoms with Crippen molar-refractivity contribution in [3.63, 3.8) is 0 Å². The molecule has 1 aliphatic rings. The first-order valence-electron chi connectivity index (χ1n) is 4.47. The summed E-state index contributed by atoms with van der Waals surface area (Å²) >= 11 is 0. The topological polar surface area (TPSA) is 67.6 Å². The number of nitrogens with zero attached hydrogens (tertiary/aromatic N) is 2. The molecule has 1 saturated carbocycles. The molecule has 0 radical (unpaired) electrons. The number of halogens is 2. The Balaban J connectivity index is 0.000000845. The largest absolute Gasteiger partial charge is 0.328 e. The van der Waals surface area contributed by atoms with Gasteiger partial charge in [-0.25, -0.2) is 4.98 Å². The minimum atomic E-state index is 0. The summed E-state index contributed by atoms with van der Waals surface area (Å²) < 4.78 is 0. The average molecular weight is 239 g/mol. The second kappa shape index (κ2) is 6.22. The van der Waals surface area contributed by atoms with Crippen molar-refractivity contribution in [1.29, 1.82) is 0 Å². The number of hydrogen-bond acceptors (Lipinski definition) is 3. The van der Waals surface area contributed by atoms with Gasteiger partial charge < -0.3 is 5.73 Å². The normalized spacial score (nSPS) is 26.1. The lowest BCUT2D eigenvalue weighted by atomic mass is 9.86. The molecule has 1 heterocycles. The molecule has 4 nitrogen and oxygen atoms in total. The molecule has 0 saturated heterocycles. The lowest BCUT2D eigenvalue weighted by Gasteiger charge is -2.23. The van der Waals surface area contributed by atoms with Crippen molar-refractivity contribution in [1.82, 2.24) is 15.2 Å². The molecule has 1 aromatic heterocycles. The Labute approximate surface area is 95.9 Å². The van der Waals surface area contributed by atoms with Gasteiger partial charge in [-0.15, -0.1) is 24.8 Å². The molecule has 0 aliphatic heterocycles. The summed E-state index contributed by atoms with van der Waals surface area (Å²) in [6.07, 6.45) is 6.10. The second-order valence-electron chi connectivity index (χ2n) is 3.48. The van der Waals surface area contributed by atoms with Gasteiger partial charge in [0.2, 0.25) is 0 Å². The summed E-state index contributed by atoms with van der Waals surface area (Å²) in [5.41, 5.74) is 5.80. The van der Waals surface area contributed by atoms with Crippen LogP contribution in [0, 0.1) is 0 Å². The highest BCUT2D eigenvalue weighted by Crippen LogP contribution is 2.29. The Morgan fingerprint density at radius 3 is 2.36 bits per heavy atom. The highest BCUT2D eigenvalue weighted by Gasteiger charge is 2.21. The van der Waals surface area contributed by atoms with Crippen LogP contribution in [0.5, 0.6) is 0 Å². The zero-order chi connectivity index (χ0) is 8.39. The Morgan fingerprint density at radius 2 is 1.86 bits per heavy atom. The molecule has 0 atom stereocenters. The van der Waals surface area contributed by atoms with Gasteiger partial charge in [-0.2, -0.15) is 5.10 Å². The molecule has 1 aliphatic carbocycles. The predicted octanol–water partition coefficient (Wildman–Crippen LogP) is 1.63. The van der Waals surface area contributed by atoms with Crippen LogP contribution in [0.1, 0.15) is 37.4 Å². The van der Waals surface area contributed by atoms with Gasteiger partial charge in [0.25, 0.3) is 0 Å². The summed E-state index contributed by atoms with van der Waals surface area (Å²) in [4.78, 5) is 4.16. The first kappa shape index (κ1) is 13.7. The zero-order valence-electron chi connectivity index (χ0n) is 7.85. The number of aromatic amines is 1. The first-order valence-corrected chi connectivity index (χ1v) is 4.47. The maximum absolute atomic E-state index is 5.80. The summed E-state index contributed by atoms with van der Waals surface area (Å²) in [5, 5.41) is 6.77. The molecule has 0 bridgehead atoms. The summed E-state index contributed by atoms with van der Waals surface area (Å²) in [7, 11) is 0. The van der Waals surface area contributed by atoms with Gasteiger partial charge in [-0.05, 0) is 25.7 Å². The molecule has 1 aromatic rings. The fourth-order valence-electron chi connectivity index (χ4n) is 1.80. The Hall–Kier alpha value is -0.320. The minimum absolute atomic E-state index is 0. The van der Waals surface area contributed by atoms with Crippen molar-refractivity contribution in [2.24, 2.45) is 5.73 Å². The maximum atomic E-state index is 5.80. The monoisotopic (exact) mass is 238 g/mol. The number of aromatic nitrogens is 3. The van der Waals surface area contributed by atoms with E-state index >= 15 is 0 Å². The van der Waals surface area contributed by atoms with Gasteiger partial charge in [0.1, 0.15) is 12.2 Å². The lowest BCUT2D eigenvalue weighted by molar-refractivity contribution is 0.385. The average Bonchev–Trinajstić information content (AvgIpc) is 2.58. The molecule has 1 fully saturated rings. The van der Waals surface area contributed by atoms with Gasteiger partial charge in [0.15, 0.2) is 0 Å². The van der Waals surface area contributed by atoms with E-state index in [1.54, 1.807) is 6.33 Å². The van der Waals surface area contributed by atoms with Crippen LogP contribution in [-0.4, -0.2) is 21.2 Å². The van der Waals surface area contributed by atoms with Gasteiger partial charge >= 0.3 is 0 Å².